The lowest BCUT2D eigenvalue weighted by molar-refractivity contribution is 0.159. The van der Waals surface area contributed by atoms with Gasteiger partial charge in [-0.3, -0.25) is 4.90 Å². The monoisotopic (exact) mass is 304 g/mol. The van der Waals surface area contributed by atoms with Crippen LogP contribution in [0, 0.1) is 5.82 Å². The van der Waals surface area contributed by atoms with E-state index in [0.29, 0.717) is 6.04 Å². The molecule has 0 aliphatic heterocycles. The Labute approximate surface area is 129 Å². The zero-order valence-corrected chi connectivity index (χ0v) is 13.0. The van der Waals surface area contributed by atoms with E-state index in [0.717, 1.165) is 12.1 Å². The van der Waals surface area contributed by atoms with Crippen molar-refractivity contribution in [3.8, 4) is 0 Å². The molecular formula is C17H21FN2S. The van der Waals surface area contributed by atoms with Crippen LogP contribution in [-0.4, -0.2) is 17.0 Å². The first-order valence-corrected chi connectivity index (χ1v) is 8.32. The van der Waals surface area contributed by atoms with Gasteiger partial charge in [-0.15, -0.1) is 11.3 Å². The SMILES string of the molecule is CC(N)C(c1cccc(F)c1)N(Cc1cccs1)C1CC1. The minimum Gasteiger partial charge on any atom is -0.326 e. The normalized spacial score (nSPS) is 17.9. The Morgan fingerprint density at radius 1 is 1.33 bits per heavy atom. The third-order valence-electron chi connectivity index (χ3n) is 3.98. The van der Waals surface area contributed by atoms with E-state index in [-0.39, 0.29) is 17.9 Å². The molecule has 1 heterocycles. The summed E-state index contributed by atoms with van der Waals surface area (Å²) in [6.07, 6.45) is 2.42. The van der Waals surface area contributed by atoms with Crippen LogP contribution in [0.2, 0.25) is 0 Å². The standard InChI is InChI=1S/C17H21FN2S/c1-12(19)17(13-4-2-5-14(18)10-13)20(15-7-8-15)11-16-6-3-9-21-16/h2-6,9-10,12,15,17H,7-8,11,19H2,1H3. The molecule has 0 radical (unpaired) electrons. The summed E-state index contributed by atoms with van der Waals surface area (Å²) in [5, 5.41) is 2.10. The molecule has 1 aliphatic carbocycles. The van der Waals surface area contributed by atoms with Gasteiger partial charge in [0.2, 0.25) is 0 Å². The number of rotatable bonds is 6. The zero-order valence-electron chi connectivity index (χ0n) is 12.2. The molecule has 1 fully saturated rings. The van der Waals surface area contributed by atoms with Crippen molar-refractivity contribution in [3.05, 3.63) is 58.0 Å². The lowest BCUT2D eigenvalue weighted by Crippen LogP contribution is -2.40. The van der Waals surface area contributed by atoms with Crippen molar-refractivity contribution in [1.82, 2.24) is 4.90 Å². The molecule has 4 heteroatoms. The van der Waals surface area contributed by atoms with Crippen LogP contribution in [0.4, 0.5) is 4.39 Å². The van der Waals surface area contributed by atoms with E-state index < -0.39 is 0 Å². The highest BCUT2D eigenvalue weighted by molar-refractivity contribution is 7.09. The first-order chi connectivity index (χ1) is 10.1. The predicted octanol–water partition coefficient (Wildman–Crippen LogP) is 3.94. The number of thiophene rings is 1. The quantitative estimate of drug-likeness (QED) is 0.876. The molecule has 21 heavy (non-hydrogen) atoms. The van der Waals surface area contributed by atoms with Gasteiger partial charge in [0.1, 0.15) is 5.82 Å². The molecule has 3 rings (SSSR count). The fourth-order valence-corrected chi connectivity index (χ4v) is 3.64. The summed E-state index contributed by atoms with van der Waals surface area (Å²) in [7, 11) is 0. The first-order valence-electron chi connectivity index (χ1n) is 7.44. The largest absolute Gasteiger partial charge is 0.326 e. The van der Waals surface area contributed by atoms with Crippen molar-refractivity contribution >= 4 is 11.3 Å². The molecule has 1 saturated carbocycles. The Balaban J connectivity index is 1.89. The van der Waals surface area contributed by atoms with Crippen LogP contribution in [0.5, 0.6) is 0 Å². The van der Waals surface area contributed by atoms with Crippen molar-refractivity contribution in [2.45, 2.75) is 44.4 Å². The third kappa shape index (κ3) is 3.51. The summed E-state index contributed by atoms with van der Waals surface area (Å²) in [6.45, 7) is 2.91. The fourth-order valence-electron chi connectivity index (χ4n) is 2.93. The molecule has 0 spiro atoms. The zero-order chi connectivity index (χ0) is 14.8. The number of nitrogens with two attached hydrogens (primary N) is 1. The lowest BCUT2D eigenvalue weighted by Gasteiger charge is -2.34. The molecule has 2 atom stereocenters. The minimum absolute atomic E-state index is 0.0348. The summed E-state index contributed by atoms with van der Waals surface area (Å²) in [4.78, 5) is 3.79. The van der Waals surface area contributed by atoms with Gasteiger partial charge < -0.3 is 5.73 Å². The van der Waals surface area contributed by atoms with Crippen LogP contribution >= 0.6 is 11.3 Å². The topological polar surface area (TPSA) is 29.3 Å². The Morgan fingerprint density at radius 3 is 2.71 bits per heavy atom. The molecule has 0 amide bonds. The van der Waals surface area contributed by atoms with E-state index in [1.54, 1.807) is 23.5 Å². The summed E-state index contributed by atoms with van der Waals surface area (Å²) in [5.74, 6) is -0.190. The highest BCUT2D eigenvalue weighted by atomic mass is 32.1. The highest BCUT2D eigenvalue weighted by Gasteiger charge is 2.36. The van der Waals surface area contributed by atoms with Crippen molar-refractivity contribution < 1.29 is 4.39 Å². The van der Waals surface area contributed by atoms with Crippen molar-refractivity contribution in [1.29, 1.82) is 0 Å². The Hall–Kier alpha value is -1.23. The van der Waals surface area contributed by atoms with Crippen LogP contribution in [-0.2, 0) is 6.54 Å². The van der Waals surface area contributed by atoms with Gasteiger partial charge in [0.05, 0.1) is 6.04 Å². The molecule has 112 valence electrons. The first kappa shape index (κ1) is 14.7. The highest BCUT2D eigenvalue weighted by Crippen LogP contribution is 2.37. The molecule has 2 nitrogen and oxygen atoms in total. The summed E-state index contributed by atoms with van der Waals surface area (Å²) in [6, 6.07) is 11.7. The second-order valence-corrected chi connectivity index (χ2v) is 6.87. The van der Waals surface area contributed by atoms with Gasteiger partial charge in [-0.2, -0.15) is 0 Å². The maximum atomic E-state index is 13.6. The third-order valence-corrected chi connectivity index (χ3v) is 4.84. The van der Waals surface area contributed by atoms with Crippen molar-refractivity contribution in [3.63, 3.8) is 0 Å². The molecule has 2 aromatic rings. The van der Waals surface area contributed by atoms with E-state index in [1.165, 1.54) is 23.8 Å². The second-order valence-electron chi connectivity index (χ2n) is 5.84. The molecule has 2 unspecified atom stereocenters. The second kappa shape index (κ2) is 6.26. The molecule has 1 aliphatic rings. The Morgan fingerprint density at radius 2 is 2.14 bits per heavy atom. The van der Waals surface area contributed by atoms with Crippen molar-refractivity contribution in [2.24, 2.45) is 5.73 Å². The smallest absolute Gasteiger partial charge is 0.123 e. The van der Waals surface area contributed by atoms with Gasteiger partial charge in [0, 0.05) is 23.5 Å². The number of hydrogen-bond acceptors (Lipinski definition) is 3. The van der Waals surface area contributed by atoms with Crippen LogP contribution in [0.25, 0.3) is 0 Å². The van der Waals surface area contributed by atoms with Gasteiger partial charge in [0.25, 0.3) is 0 Å². The maximum absolute atomic E-state index is 13.6. The Kier molecular flexibility index (Phi) is 4.38. The molecule has 1 aromatic heterocycles. The molecule has 0 saturated heterocycles. The van der Waals surface area contributed by atoms with Crippen LogP contribution in [0.15, 0.2) is 41.8 Å². The van der Waals surface area contributed by atoms with Gasteiger partial charge in [-0.1, -0.05) is 18.2 Å². The van der Waals surface area contributed by atoms with E-state index >= 15 is 0 Å². The van der Waals surface area contributed by atoms with E-state index in [1.807, 2.05) is 13.0 Å². The number of hydrogen-bond donors (Lipinski definition) is 1. The lowest BCUT2D eigenvalue weighted by atomic mass is 9.98. The van der Waals surface area contributed by atoms with Crippen LogP contribution in [0.3, 0.4) is 0 Å². The van der Waals surface area contributed by atoms with E-state index in [4.69, 9.17) is 5.73 Å². The fraction of sp³-hybridized carbons (Fsp3) is 0.412. The van der Waals surface area contributed by atoms with Gasteiger partial charge in [-0.05, 0) is 48.9 Å². The van der Waals surface area contributed by atoms with Crippen molar-refractivity contribution in [2.75, 3.05) is 0 Å². The van der Waals surface area contributed by atoms with Gasteiger partial charge in [-0.25, -0.2) is 4.39 Å². The van der Waals surface area contributed by atoms with Crippen LogP contribution < -0.4 is 5.73 Å². The van der Waals surface area contributed by atoms with Gasteiger partial charge in [0.15, 0.2) is 0 Å². The Bertz CT molecular complexity index is 578. The summed E-state index contributed by atoms with van der Waals surface area (Å²) >= 11 is 1.77. The molecule has 0 bridgehead atoms. The molecule has 2 N–H and O–H groups in total. The minimum atomic E-state index is -0.190. The van der Waals surface area contributed by atoms with Crippen LogP contribution in [0.1, 0.15) is 36.2 Å². The number of halogens is 1. The molecule has 1 aromatic carbocycles. The summed E-state index contributed by atoms with van der Waals surface area (Å²) < 4.78 is 13.6. The predicted molar refractivity (Wildman–Crippen MR) is 85.7 cm³/mol. The van der Waals surface area contributed by atoms with Gasteiger partial charge >= 0.3 is 0 Å². The number of nitrogens with zero attached hydrogens (tertiary/aromatic N) is 1. The van der Waals surface area contributed by atoms with E-state index in [9.17, 15) is 4.39 Å². The summed E-state index contributed by atoms with van der Waals surface area (Å²) in [5.41, 5.74) is 7.23. The average molecular weight is 304 g/mol. The number of benzene rings is 1. The van der Waals surface area contributed by atoms with E-state index in [2.05, 4.69) is 22.4 Å². The maximum Gasteiger partial charge on any atom is 0.123 e. The molecular weight excluding hydrogens is 283 g/mol. The average Bonchev–Trinajstić information content (AvgIpc) is 3.16.